The number of hydrogen-bond donors (Lipinski definition) is 2. The maximum absolute atomic E-state index is 12.2. The highest BCUT2D eigenvalue weighted by molar-refractivity contribution is 5.92. The molecule has 7 nitrogen and oxygen atoms in total. The predicted octanol–water partition coefficient (Wildman–Crippen LogP) is 3.65. The van der Waals surface area contributed by atoms with E-state index >= 15 is 0 Å². The summed E-state index contributed by atoms with van der Waals surface area (Å²) in [4.78, 5) is 20.6. The molecule has 150 valence electrons. The topological polar surface area (TPSA) is 85.4 Å². The Balaban J connectivity index is 1.46. The summed E-state index contributed by atoms with van der Waals surface area (Å²) in [5.74, 6) is 1.75. The van der Waals surface area contributed by atoms with Crippen LogP contribution in [0.1, 0.15) is 21.6 Å². The van der Waals surface area contributed by atoms with Crippen LogP contribution in [0, 0.1) is 13.8 Å². The molecule has 0 aliphatic carbocycles. The monoisotopic (exact) mass is 392 g/mol. The second-order valence-electron chi connectivity index (χ2n) is 6.49. The molecule has 3 rings (SSSR count). The number of rotatable bonds is 8. The molecule has 2 N–H and O–H groups in total. The molecule has 0 bridgehead atoms. The Hall–Kier alpha value is -3.61. The van der Waals surface area contributed by atoms with Gasteiger partial charge in [-0.1, -0.05) is 6.07 Å². The van der Waals surface area contributed by atoms with Gasteiger partial charge in [0.05, 0.1) is 26.0 Å². The summed E-state index contributed by atoms with van der Waals surface area (Å²) < 4.78 is 10.7. The molecule has 0 spiro atoms. The summed E-state index contributed by atoms with van der Waals surface area (Å²) in [6.07, 6.45) is 2.99. The fraction of sp³-hybridized carbons (Fsp3) is 0.227. The predicted molar refractivity (Wildman–Crippen MR) is 112 cm³/mol. The molecule has 0 unspecified atom stereocenters. The molecule has 29 heavy (non-hydrogen) atoms. The van der Waals surface area contributed by atoms with Gasteiger partial charge in [-0.2, -0.15) is 0 Å². The summed E-state index contributed by atoms with van der Waals surface area (Å²) in [6.45, 7) is 4.82. The zero-order chi connectivity index (χ0) is 20.6. The van der Waals surface area contributed by atoms with E-state index in [0.717, 1.165) is 11.4 Å². The summed E-state index contributed by atoms with van der Waals surface area (Å²) >= 11 is 0. The minimum atomic E-state index is -0.298. The minimum absolute atomic E-state index is 0.250. The molecule has 0 saturated heterocycles. The van der Waals surface area contributed by atoms with Crippen molar-refractivity contribution in [2.75, 3.05) is 25.6 Å². The van der Waals surface area contributed by atoms with Crippen LogP contribution >= 0.6 is 0 Å². The fourth-order valence-corrected chi connectivity index (χ4v) is 2.57. The number of hydrogen-bond acceptors (Lipinski definition) is 6. The van der Waals surface area contributed by atoms with E-state index in [1.807, 2.05) is 42.5 Å². The molecule has 0 aliphatic rings. The van der Waals surface area contributed by atoms with Crippen molar-refractivity contribution < 1.29 is 14.3 Å². The zero-order valence-electron chi connectivity index (χ0n) is 16.7. The van der Waals surface area contributed by atoms with Crippen molar-refractivity contribution in [2.24, 2.45) is 0 Å². The van der Waals surface area contributed by atoms with Crippen molar-refractivity contribution in [1.82, 2.24) is 15.3 Å². The first-order chi connectivity index (χ1) is 14.0. The standard InChI is InChI=1S/C22H24N4O3/c1-15-4-5-17(12-16(15)2)26-21-14-24-20(13-25-21)22(27)23-10-11-29-19-8-6-18(28-3)7-9-19/h4-9,12-14H,10-11H2,1-3H3,(H,23,27)(H,25,26). The third-order valence-electron chi connectivity index (χ3n) is 4.38. The number of anilines is 2. The molecular formula is C22H24N4O3. The van der Waals surface area contributed by atoms with E-state index in [1.54, 1.807) is 7.11 Å². The van der Waals surface area contributed by atoms with Crippen molar-refractivity contribution in [3.05, 3.63) is 71.7 Å². The lowest BCUT2D eigenvalue weighted by Crippen LogP contribution is -2.28. The summed E-state index contributed by atoms with van der Waals surface area (Å²) in [6, 6.07) is 13.3. The normalized spacial score (nSPS) is 10.3. The first-order valence-electron chi connectivity index (χ1n) is 9.26. The number of nitrogens with one attached hydrogen (secondary N) is 2. The third kappa shape index (κ3) is 5.68. The van der Waals surface area contributed by atoms with E-state index in [2.05, 4.69) is 34.4 Å². The number of benzene rings is 2. The van der Waals surface area contributed by atoms with Crippen molar-refractivity contribution >= 4 is 17.4 Å². The van der Waals surface area contributed by atoms with Crippen LogP contribution in [-0.4, -0.2) is 36.1 Å². The molecule has 1 heterocycles. The largest absolute Gasteiger partial charge is 0.497 e. The van der Waals surface area contributed by atoms with Crippen molar-refractivity contribution in [1.29, 1.82) is 0 Å². The fourth-order valence-electron chi connectivity index (χ4n) is 2.57. The summed E-state index contributed by atoms with van der Waals surface area (Å²) in [7, 11) is 1.61. The quantitative estimate of drug-likeness (QED) is 0.569. The lowest BCUT2D eigenvalue weighted by atomic mass is 10.1. The van der Waals surface area contributed by atoms with Gasteiger partial charge >= 0.3 is 0 Å². The Morgan fingerprint density at radius 3 is 2.38 bits per heavy atom. The van der Waals surface area contributed by atoms with Crippen LogP contribution in [0.4, 0.5) is 11.5 Å². The Bertz CT molecular complexity index is 957. The van der Waals surface area contributed by atoms with E-state index < -0.39 is 0 Å². The number of nitrogens with zero attached hydrogens (tertiary/aromatic N) is 2. The lowest BCUT2D eigenvalue weighted by Gasteiger charge is -2.09. The van der Waals surface area contributed by atoms with Gasteiger partial charge in [0, 0.05) is 5.69 Å². The molecule has 1 amide bonds. The number of aryl methyl sites for hydroxylation is 2. The molecule has 0 atom stereocenters. The lowest BCUT2D eigenvalue weighted by molar-refractivity contribution is 0.0941. The highest BCUT2D eigenvalue weighted by atomic mass is 16.5. The molecule has 0 saturated carbocycles. The van der Waals surface area contributed by atoms with Crippen LogP contribution in [0.25, 0.3) is 0 Å². The van der Waals surface area contributed by atoms with Crippen LogP contribution in [0.2, 0.25) is 0 Å². The van der Waals surface area contributed by atoms with E-state index in [1.165, 1.54) is 23.5 Å². The van der Waals surface area contributed by atoms with Gasteiger partial charge in [0.1, 0.15) is 29.6 Å². The van der Waals surface area contributed by atoms with Crippen LogP contribution in [0.3, 0.4) is 0 Å². The van der Waals surface area contributed by atoms with Gasteiger partial charge in [0.2, 0.25) is 0 Å². The smallest absolute Gasteiger partial charge is 0.271 e. The van der Waals surface area contributed by atoms with Crippen LogP contribution in [-0.2, 0) is 0 Å². The second-order valence-corrected chi connectivity index (χ2v) is 6.49. The highest BCUT2D eigenvalue weighted by Gasteiger charge is 2.08. The molecule has 0 fully saturated rings. The van der Waals surface area contributed by atoms with E-state index in [4.69, 9.17) is 9.47 Å². The Morgan fingerprint density at radius 1 is 0.966 bits per heavy atom. The van der Waals surface area contributed by atoms with Gasteiger partial charge < -0.3 is 20.1 Å². The van der Waals surface area contributed by atoms with Gasteiger partial charge in [0.25, 0.3) is 5.91 Å². The maximum atomic E-state index is 12.2. The second kappa shape index (κ2) is 9.54. The molecule has 0 radical (unpaired) electrons. The summed E-state index contributed by atoms with van der Waals surface area (Å²) in [5.41, 5.74) is 3.59. The van der Waals surface area contributed by atoms with E-state index in [9.17, 15) is 4.79 Å². The van der Waals surface area contributed by atoms with E-state index in [0.29, 0.717) is 24.7 Å². The van der Waals surface area contributed by atoms with Gasteiger partial charge in [-0.15, -0.1) is 0 Å². The SMILES string of the molecule is COc1ccc(OCCNC(=O)c2cnc(Nc3ccc(C)c(C)c3)cn2)cc1. The minimum Gasteiger partial charge on any atom is -0.497 e. The van der Waals surface area contributed by atoms with Crippen LogP contribution in [0.5, 0.6) is 11.5 Å². The molecule has 3 aromatic rings. The van der Waals surface area contributed by atoms with Crippen LogP contribution in [0.15, 0.2) is 54.9 Å². The number of aromatic nitrogens is 2. The number of methoxy groups -OCH3 is 1. The number of carbonyl (C=O) groups is 1. The first kappa shape index (κ1) is 20.1. The molecule has 7 heteroatoms. The average Bonchev–Trinajstić information content (AvgIpc) is 2.74. The van der Waals surface area contributed by atoms with Crippen molar-refractivity contribution in [3.8, 4) is 11.5 Å². The number of carbonyl (C=O) groups excluding carboxylic acids is 1. The number of amides is 1. The molecule has 1 aromatic heterocycles. The highest BCUT2D eigenvalue weighted by Crippen LogP contribution is 2.18. The van der Waals surface area contributed by atoms with Crippen molar-refractivity contribution in [2.45, 2.75) is 13.8 Å². The molecular weight excluding hydrogens is 368 g/mol. The zero-order valence-corrected chi connectivity index (χ0v) is 16.7. The maximum Gasteiger partial charge on any atom is 0.271 e. The first-order valence-corrected chi connectivity index (χ1v) is 9.26. The Morgan fingerprint density at radius 2 is 1.72 bits per heavy atom. The van der Waals surface area contributed by atoms with Gasteiger partial charge in [-0.3, -0.25) is 4.79 Å². The van der Waals surface area contributed by atoms with Crippen molar-refractivity contribution in [3.63, 3.8) is 0 Å². The van der Waals surface area contributed by atoms with Gasteiger partial charge in [-0.05, 0) is 61.4 Å². The Kier molecular flexibility index (Phi) is 6.63. The average molecular weight is 392 g/mol. The van der Waals surface area contributed by atoms with Crippen LogP contribution < -0.4 is 20.1 Å². The Labute approximate surface area is 170 Å². The molecule has 0 aliphatic heterocycles. The number of ether oxygens (including phenoxy) is 2. The van der Waals surface area contributed by atoms with E-state index in [-0.39, 0.29) is 11.6 Å². The van der Waals surface area contributed by atoms with Gasteiger partial charge in [-0.25, -0.2) is 9.97 Å². The summed E-state index contributed by atoms with van der Waals surface area (Å²) in [5, 5.41) is 5.95. The van der Waals surface area contributed by atoms with Gasteiger partial charge in [0.15, 0.2) is 0 Å². The third-order valence-corrected chi connectivity index (χ3v) is 4.38. The molecule has 2 aromatic carbocycles.